The van der Waals surface area contributed by atoms with E-state index < -0.39 is 0 Å². The molecule has 0 radical (unpaired) electrons. The molecule has 0 aliphatic carbocycles. The zero-order valence-corrected chi connectivity index (χ0v) is 12.4. The quantitative estimate of drug-likeness (QED) is 0.763. The SMILES string of the molecule is CCC(Sc1nnc(CNC)n1C)C(=O)N(C)C. The average molecular weight is 271 g/mol. The predicted molar refractivity (Wildman–Crippen MR) is 72.4 cm³/mol. The average Bonchev–Trinajstić information content (AvgIpc) is 2.68. The van der Waals surface area contributed by atoms with Crippen LogP contribution in [0, 0.1) is 0 Å². The number of aromatic nitrogens is 3. The van der Waals surface area contributed by atoms with E-state index in [1.807, 2.05) is 25.6 Å². The Morgan fingerprint density at radius 1 is 1.50 bits per heavy atom. The molecule has 7 heteroatoms. The summed E-state index contributed by atoms with van der Waals surface area (Å²) in [6, 6.07) is 0. The van der Waals surface area contributed by atoms with Crippen molar-refractivity contribution in [1.29, 1.82) is 0 Å². The Kier molecular flexibility index (Phi) is 5.61. The molecule has 1 atom stereocenters. The molecule has 0 saturated heterocycles. The van der Waals surface area contributed by atoms with Crippen molar-refractivity contribution < 1.29 is 4.79 Å². The van der Waals surface area contributed by atoms with Gasteiger partial charge in [0.25, 0.3) is 0 Å². The molecule has 0 spiro atoms. The van der Waals surface area contributed by atoms with Gasteiger partial charge in [-0.1, -0.05) is 18.7 Å². The number of hydrogen-bond acceptors (Lipinski definition) is 5. The van der Waals surface area contributed by atoms with Crippen LogP contribution in [-0.4, -0.2) is 52.0 Å². The van der Waals surface area contributed by atoms with E-state index >= 15 is 0 Å². The molecule has 18 heavy (non-hydrogen) atoms. The first-order valence-corrected chi connectivity index (χ1v) is 6.79. The Morgan fingerprint density at radius 2 is 2.17 bits per heavy atom. The van der Waals surface area contributed by atoms with Gasteiger partial charge in [-0.2, -0.15) is 0 Å². The van der Waals surface area contributed by atoms with Crippen LogP contribution in [0.5, 0.6) is 0 Å². The zero-order valence-electron chi connectivity index (χ0n) is 11.6. The minimum atomic E-state index is -0.106. The molecule has 1 heterocycles. The third kappa shape index (κ3) is 3.46. The molecule has 1 unspecified atom stereocenters. The lowest BCUT2D eigenvalue weighted by atomic mass is 10.3. The topological polar surface area (TPSA) is 63.1 Å². The fraction of sp³-hybridized carbons (Fsp3) is 0.727. The number of nitrogens with one attached hydrogen (secondary N) is 1. The lowest BCUT2D eigenvalue weighted by molar-refractivity contribution is -0.128. The summed E-state index contributed by atoms with van der Waals surface area (Å²) in [5.74, 6) is 0.979. The highest BCUT2D eigenvalue weighted by molar-refractivity contribution is 8.00. The first-order chi connectivity index (χ1) is 8.51. The first-order valence-electron chi connectivity index (χ1n) is 5.91. The summed E-state index contributed by atoms with van der Waals surface area (Å²) in [5.41, 5.74) is 0. The van der Waals surface area contributed by atoms with Gasteiger partial charge in [0, 0.05) is 21.1 Å². The summed E-state index contributed by atoms with van der Waals surface area (Å²) >= 11 is 1.47. The van der Waals surface area contributed by atoms with Crippen LogP contribution < -0.4 is 5.32 Å². The molecule has 1 aromatic heterocycles. The Hall–Kier alpha value is -1.08. The van der Waals surface area contributed by atoms with Crippen LogP contribution in [-0.2, 0) is 18.4 Å². The molecular formula is C11H21N5OS. The van der Waals surface area contributed by atoms with Crippen LogP contribution >= 0.6 is 11.8 Å². The van der Waals surface area contributed by atoms with Gasteiger partial charge < -0.3 is 14.8 Å². The molecule has 1 aromatic rings. The number of rotatable bonds is 6. The Bertz CT molecular complexity index is 404. The molecule has 1 rings (SSSR count). The van der Waals surface area contributed by atoms with Crippen molar-refractivity contribution in [2.45, 2.75) is 30.3 Å². The fourth-order valence-corrected chi connectivity index (χ4v) is 2.57. The number of hydrogen-bond donors (Lipinski definition) is 1. The molecule has 0 aromatic carbocycles. The maximum Gasteiger partial charge on any atom is 0.235 e. The van der Waals surface area contributed by atoms with Gasteiger partial charge in [-0.25, -0.2) is 0 Å². The second-order valence-electron chi connectivity index (χ2n) is 4.24. The Balaban J connectivity index is 2.79. The number of thioether (sulfide) groups is 1. The molecule has 0 saturated carbocycles. The second-order valence-corrected chi connectivity index (χ2v) is 5.41. The smallest absolute Gasteiger partial charge is 0.235 e. The zero-order chi connectivity index (χ0) is 13.7. The van der Waals surface area contributed by atoms with Crippen LogP contribution in [0.3, 0.4) is 0 Å². The highest BCUT2D eigenvalue weighted by Gasteiger charge is 2.22. The van der Waals surface area contributed by atoms with Crippen molar-refractivity contribution >= 4 is 17.7 Å². The number of carbonyl (C=O) groups is 1. The first kappa shape index (κ1) is 15.0. The van der Waals surface area contributed by atoms with Gasteiger partial charge in [0.1, 0.15) is 5.82 Å². The van der Waals surface area contributed by atoms with Gasteiger partial charge in [-0.15, -0.1) is 10.2 Å². The van der Waals surface area contributed by atoms with Crippen molar-refractivity contribution in [3.8, 4) is 0 Å². The van der Waals surface area contributed by atoms with E-state index in [9.17, 15) is 4.79 Å². The monoisotopic (exact) mass is 271 g/mol. The van der Waals surface area contributed by atoms with Crippen molar-refractivity contribution in [3.63, 3.8) is 0 Å². The van der Waals surface area contributed by atoms with Crippen molar-refractivity contribution in [3.05, 3.63) is 5.82 Å². The van der Waals surface area contributed by atoms with Gasteiger partial charge in [-0.05, 0) is 13.5 Å². The molecular weight excluding hydrogens is 250 g/mol. The largest absolute Gasteiger partial charge is 0.348 e. The van der Waals surface area contributed by atoms with Gasteiger partial charge in [0.2, 0.25) is 5.91 Å². The highest BCUT2D eigenvalue weighted by atomic mass is 32.2. The van der Waals surface area contributed by atoms with Gasteiger partial charge >= 0.3 is 0 Å². The van der Waals surface area contributed by atoms with Crippen LogP contribution in [0.25, 0.3) is 0 Å². The summed E-state index contributed by atoms with van der Waals surface area (Å²) in [7, 11) is 7.33. The summed E-state index contributed by atoms with van der Waals surface area (Å²) in [5, 5.41) is 11.9. The summed E-state index contributed by atoms with van der Waals surface area (Å²) in [6.07, 6.45) is 0.774. The molecule has 102 valence electrons. The number of amides is 1. The van der Waals surface area contributed by atoms with Crippen LogP contribution in [0.1, 0.15) is 19.2 Å². The second kappa shape index (κ2) is 6.75. The van der Waals surface area contributed by atoms with Gasteiger partial charge in [-0.3, -0.25) is 4.79 Å². The van der Waals surface area contributed by atoms with Crippen molar-refractivity contribution in [2.75, 3.05) is 21.1 Å². The molecule has 6 nitrogen and oxygen atoms in total. The van der Waals surface area contributed by atoms with E-state index in [0.29, 0.717) is 6.54 Å². The lowest BCUT2D eigenvalue weighted by Crippen LogP contribution is -2.31. The van der Waals surface area contributed by atoms with E-state index in [0.717, 1.165) is 17.4 Å². The van der Waals surface area contributed by atoms with Crippen LogP contribution in [0.4, 0.5) is 0 Å². The number of carbonyl (C=O) groups excluding carboxylic acids is 1. The van der Waals surface area contributed by atoms with Crippen molar-refractivity contribution in [2.24, 2.45) is 7.05 Å². The maximum absolute atomic E-state index is 12.0. The predicted octanol–water partition coefficient (Wildman–Crippen LogP) is 0.493. The van der Waals surface area contributed by atoms with Crippen LogP contribution in [0.15, 0.2) is 5.16 Å². The molecule has 0 aliphatic heterocycles. The Morgan fingerprint density at radius 3 is 2.67 bits per heavy atom. The summed E-state index contributed by atoms with van der Waals surface area (Å²) < 4.78 is 1.92. The molecule has 0 bridgehead atoms. The van der Waals surface area contributed by atoms with Gasteiger partial charge in [0.05, 0.1) is 11.8 Å². The molecule has 0 aliphatic rings. The van der Waals surface area contributed by atoms with E-state index in [2.05, 4.69) is 15.5 Å². The normalized spacial score (nSPS) is 12.5. The molecule has 1 N–H and O–H groups in total. The third-order valence-corrected chi connectivity index (χ3v) is 3.98. The number of nitrogens with zero attached hydrogens (tertiary/aromatic N) is 4. The minimum absolute atomic E-state index is 0.106. The van der Waals surface area contributed by atoms with Gasteiger partial charge in [0.15, 0.2) is 5.16 Å². The minimum Gasteiger partial charge on any atom is -0.348 e. The summed E-state index contributed by atoms with van der Waals surface area (Å²) in [4.78, 5) is 13.6. The van der Waals surface area contributed by atoms with Crippen molar-refractivity contribution in [1.82, 2.24) is 25.0 Å². The Labute approximate surface area is 112 Å². The van der Waals surface area contributed by atoms with E-state index in [-0.39, 0.29) is 11.2 Å². The molecule has 1 amide bonds. The highest BCUT2D eigenvalue weighted by Crippen LogP contribution is 2.24. The standard InChI is InChI=1S/C11H21N5OS/c1-6-8(10(17)15(3)4)18-11-14-13-9(7-12-2)16(11)5/h8,12H,6-7H2,1-5H3. The third-order valence-electron chi connectivity index (χ3n) is 2.59. The maximum atomic E-state index is 12.0. The molecule has 0 fully saturated rings. The van der Waals surface area contributed by atoms with E-state index in [1.165, 1.54) is 11.8 Å². The van der Waals surface area contributed by atoms with Crippen LogP contribution in [0.2, 0.25) is 0 Å². The van der Waals surface area contributed by atoms with E-state index in [4.69, 9.17) is 0 Å². The summed E-state index contributed by atoms with van der Waals surface area (Å²) in [6.45, 7) is 2.67. The van der Waals surface area contributed by atoms with E-state index in [1.54, 1.807) is 19.0 Å². The lowest BCUT2D eigenvalue weighted by Gasteiger charge is -2.18. The fourth-order valence-electron chi connectivity index (χ4n) is 1.48.